The molecular formula is C21H21F2N5OS. The number of nitrogens with one attached hydrogen (secondary N) is 3. The number of carbonyl (C=O) groups excluding carboxylic acids is 1. The number of anilines is 4. The van der Waals surface area contributed by atoms with Crippen LogP contribution in [-0.2, 0) is 4.79 Å². The largest absolute Gasteiger partial charge is 0.351 e. The second-order valence-electron chi connectivity index (χ2n) is 7.08. The number of carbonyl (C=O) groups is 1. The molecule has 0 radical (unpaired) electrons. The predicted octanol–water partition coefficient (Wildman–Crippen LogP) is 5.47. The topological polar surface area (TPSA) is 78.9 Å². The Kier molecular flexibility index (Phi) is 5.98. The molecule has 9 heteroatoms. The minimum absolute atomic E-state index is 0.0535. The third kappa shape index (κ3) is 4.62. The zero-order valence-corrected chi connectivity index (χ0v) is 17.2. The average molecular weight is 429 g/mol. The third-order valence-electron chi connectivity index (χ3n) is 4.59. The van der Waals surface area contributed by atoms with Crippen LogP contribution >= 0.6 is 11.9 Å². The van der Waals surface area contributed by atoms with E-state index >= 15 is 0 Å². The fourth-order valence-corrected chi connectivity index (χ4v) is 3.46. The van der Waals surface area contributed by atoms with Crippen LogP contribution in [0.4, 0.5) is 31.7 Å². The molecule has 0 atom stereocenters. The molecule has 1 heterocycles. The zero-order valence-electron chi connectivity index (χ0n) is 16.3. The molecule has 3 aromatic rings. The van der Waals surface area contributed by atoms with Crippen LogP contribution in [-0.4, -0.2) is 21.6 Å². The first-order valence-electron chi connectivity index (χ1n) is 9.75. The highest BCUT2D eigenvalue weighted by Crippen LogP contribution is 2.32. The Labute approximate surface area is 177 Å². The van der Waals surface area contributed by atoms with Crippen molar-refractivity contribution in [2.75, 3.05) is 21.1 Å². The Morgan fingerprint density at radius 3 is 2.80 bits per heavy atom. The summed E-state index contributed by atoms with van der Waals surface area (Å²) in [6.07, 6.45) is 4.22. The number of hydrogen-bond donors (Lipinski definition) is 3. The fraction of sp³-hybridized carbons (Fsp3) is 0.286. The fourth-order valence-electron chi connectivity index (χ4n) is 2.84. The highest BCUT2D eigenvalue weighted by molar-refractivity contribution is 8.00. The molecule has 1 saturated carbocycles. The lowest BCUT2D eigenvalue weighted by atomic mass is 10.2. The van der Waals surface area contributed by atoms with Gasteiger partial charge < -0.3 is 15.4 Å². The van der Waals surface area contributed by atoms with Crippen molar-refractivity contribution in [1.29, 1.82) is 0 Å². The van der Waals surface area contributed by atoms with Crippen molar-refractivity contribution in [2.45, 2.75) is 26.2 Å². The molecule has 2 aromatic carbocycles. The van der Waals surface area contributed by atoms with E-state index in [1.807, 2.05) is 6.92 Å². The maximum Gasteiger partial charge on any atom is 0.228 e. The van der Waals surface area contributed by atoms with E-state index in [-0.39, 0.29) is 23.2 Å². The summed E-state index contributed by atoms with van der Waals surface area (Å²) >= 11 is 1.36. The first kappa shape index (κ1) is 20.3. The SMILES string of the molecule is CCCSNc1ccc(F)c(Nc2ccc3ncc(NC(=O)C4CC4)nc3c2)c1F. The molecule has 1 fully saturated rings. The molecule has 30 heavy (non-hydrogen) atoms. The third-order valence-corrected chi connectivity index (χ3v) is 5.57. The lowest BCUT2D eigenvalue weighted by Gasteiger charge is -2.13. The summed E-state index contributed by atoms with van der Waals surface area (Å²) < 4.78 is 32.0. The van der Waals surface area contributed by atoms with E-state index in [1.165, 1.54) is 30.3 Å². The summed E-state index contributed by atoms with van der Waals surface area (Å²) in [7, 11) is 0. The molecule has 0 bridgehead atoms. The van der Waals surface area contributed by atoms with Gasteiger partial charge in [0.25, 0.3) is 0 Å². The molecule has 0 unspecified atom stereocenters. The molecule has 1 aromatic heterocycles. The van der Waals surface area contributed by atoms with Crippen LogP contribution in [0.15, 0.2) is 36.5 Å². The predicted molar refractivity (Wildman–Crippen MR) is 117 cm³/mol. The second-order valence-corrected chi connectivity index (χ2v) is 7.98. The average Bonchev–Trinajstić information content (AvgIpc) is 3.58. The van der Waals surface area contributed by atoms with Crippen molar-refractivity contribution in [1.82, 2.24) is 9.97 Å². The van der Waals surface area contributed by atoms with E-state index in [0.717, 1.165) is 25.0 Å². The van der Waals surface area contributed by atoms with Crippen molar-refractivity contribution in [3.8, 4) is 0 Å². The Morgan fingerprint density at radius 1 is 1.20 bits per heavy atom. The summed E-state index contributed by atoms with van der Waals surface area (Å²) in [6, 6.07) is 7.60. The number of aromatic nitrogens is 2. The van der Waals surface area contributed by atoms with E-state index in [4.69, 9.17) is 0 Å². The van der Waals surface area contributed by atoms with Gasteiger partial charge in [0.05, 0.1) is 22.9 Å². The van der Waals surface area contributed by atoms with Crippen LogP contribution in [0.3, 0.4) is 0 Å². The monoisotopic (exact) mass is 429 g/mol. The van der Waals surface area contributed by atoms with Gasteiger partial charge in [-0.3, -0.25) is 9.78 Å². The molecule has 1 aliphatic rings. The molecule has 0 aliphatic heterocycles. The van der Waals surface area contributed by atoms with Crippen LogP contribution < -0.4 is 15.4 Å². The van der Waals surface area contributed by atoms with Gasteiger partial charge in [-0.25, -0.2) is 13.8 Å². The number of rotatable bonds is 8. The Balaban J connectivity index is 1.57. The van der Waals surface area contributed by atoms with Gasteiger partial charge in [-0.2, -0.15) is 0 Å². The van der Waals surface area contributed by atoms with Crippen LogP contribution in [0, 0.1) is 17.6 Å². The van der Waals surface area contributed by atoms with Crippen LogP contribution in [0.5, 0.6) is 0 Å². The quantitative estimate of drug-likeness (QED) is 0.326. The van der Waals surface area contributed by atoms with Gasteiger partial charge in [-0.1, -0.05) is 18.9 Å². The normalized spacial score (nSPS) is 13.3. The number of amides is 1. The lowest BCUT2D eigenvalue weighted by molar-refractivity contribution is -0.117. The summed E-state index contributed by atoms with van der Waals surface area (Å²) in [6.45, 7) is 2.02. The Morgan fingerprint density at radius 2 is 2.03 bits per heavy atom. The Hall–Kier alpha value is -2.94. The van der Waals surface area contributed by atoms with Gasteiger partial charge >= 0.3 is 0 Å². The van der Waals surface area contributed by atoms with Crippen molar-refractivity contribution in [3.05, 3.63) is 48.2 Å². The van der Waals surface area contributed by atoms with Gasteiger partial charge in [0.15, 0.2) is 11.6 Å². The van der Waals surface area contributed by atoms with Crippen LogP contribution in [0.2, 0.25) is 0 Å². The Bertz CT molecular complexity index is 1090. The molecule has 6 nitrogen and oxygen atoms in total. The smallest absolute Gasteiger partial charge is 0.228 e. The lowest BCUT2D eigenvalue weighted by Crippen LogP contribution is -2.14. The van der Waals surface area contributed by atoms with E-state index in [0.29, 0.717) is 22.5 Å². The zero-order chi connectivity index (χ0) is 21.1. The summed E-state index contributed by atoms with van der Waals surface area (Å²) in [5.74, 6) is -0.244. The standard InChI is InChI=1S/C21H21F2N5OS/c1-2-9-30-28-16-8-6-14(22)20(19(16)23)25-13-5-7-15-17(10-13)26-18(11-24-15)27-21(29)12-3-4-12/h5-8,10-12,25,28H,2-4,9H2,1H3,(H,26,27,29). The minimum Gasteiger partial charge on any atom is -0.351 e. The van der Waals surface area contributed by atoms with E-state index in [9.17, 15) is 13.6 Å². The molecule has 4 rings (SSSR count). The van der Waals surface area contributed by atoms with E-state index in [1.54, 1.807) is 18.2 Å². The van der Waals surface area contributed by atoms with Gasteiger partial charge in [-0.15, -0.1) is 0 Å². The summed E-state index contributed by atoms with van der Waals surface area (Å²) in [5.41, 5.74) is 1.53. The van der Waals surface area contributed by atoms with Gasteiger partial charge in [0, 0.05) is 17.4 Å². The summed E-state index contributed by atoms with van der Waals surface area (Å²) in [5, 5.41) is 5.55. The number of fused-ring (bicyclic) bond motifs is 1. The molecule has 0 saturated heterocycles. The second kappa shape index (κ2) is 8.83. The van der Waals surface area contributed by atoms with Gasteiger partial charge in [-0.05, 0) is 49.6 Å². The van der Waals surface area contributed by atoms with Gasteiger partial charge in [0.1, 0.15) is 11.5 Å². The number of nitrogens with zero attached hydrogens (tertiary/aromatic N) is 2. The molecular weight excluding hydrogens is 408 g/mol. The van der Waals surface area contributed by atoms with Crippen LogP contribution in [0.25, 0.3) is 11.0 Å². The highest BCUT2D eigenvalue weighted by atomic mass is 32.2. The molecule has 1 aliphatic carbocycles. The molecule has 3 N–H and O–H groups in total. The first-order chi connectivity index (χ1) is 14.5. The maximum atomic E-state index is 14.8. The summed E-state index contributed by atoms with van der Waals surface area (Å²) in [4.78, 5) is 20.6. The molecule has 0 spiro atoms. The van der Waals surface area contributed by atoms with Gasteiger partial charge in [0.2, 0.25) is 5.91 Å². The van der Waals surface area contributed by atoms with Crippen molar-refractivity contribution in [3.63, 3.8) is 0 Å². The van der Waals surface area contributed by atoms with Crippen molar-refractivity contribution < 1.29 is 13.6 Å². The number of halogens is 2. The molecule has 1 amide bonds. The van der Waals surface area contributed by atoms with Crippen LogP contribution in [0.1, 0.15) is 26.2 Å². The minimum atomic E-state index is -0.699. The number of hydrogen-bond acceptors (Lipinski definition) is 6. The van der Waals surface area contributed by atoms with E-state index in [2.05, 4.69) is 25.3 Å². The maximum absolute atomic E-state index is 14.8. The van der Waals surface area contributed by atoms with Crippen molar-refractivity contribution in [2.24, 2.45) is 5.92 Å². The van der Waals surface area contributed by atoms with Crippen molar-refractivity contribution >= 4 is 51.8 Å². The number of benzene rings is 2. The molecule has 156 valence electrons. The van der Waals surface area contributed by atoms with E-state index < -0.39 is 11.6 Å². The highest BCUT2D eigenvalue weighted by Gasteiger charge is 2.29. The first-order valence-corrected chi connectivity index (χ1v) is 10.7.